The third-order valence-electron chi connectivity index (χ3n) is 3.68. The van der Waals surface area contributed by atoms with Crippen molar-refractivity contribution in [2.24, 2.45) is 0 Å². The second-order valence-corrected chi connectivity index (χ2v) is 5.51. The number of nitrogens with zero attached hydrogens (tertiary/aromatic N) is 2. The number of para-hydroxylation sites is 1. The summed E-state index contributed by atoms with van der Waals surface area (Å²) < 4.78 is 5.72. The topological polar surface area (TPSA) is 62.7 Å². The van der Waals surface area contributed by atoms with E-state index in [0.717, 1.165) is 13.1 Å². The number of rotatable bonds is 2. The number of anilines is 1. The molecule has 2 atom stereocenters. The van der Waals surface area contributed by atoms with Crippen molar-refractivity contribution < 1.29 is 14.6 Å². The van der Waals surface area contributed by atoms with Crippen LogP contribution in [0.3, 0.4) is 0 Å². The summed E-state index contributed by atoms with van der Waals surface area (Å²) in [5, 5.41) is 10.1. The molecule has 0 bridgehead atoms. The Morgan fingerprint density at radius 2 is 1.95 bits per heavy atom. The molecule has 0 saturated carbocycles. The molecular weight excluding hydrogens is 268 g/mol. The first-order valence-electron chi connectivity index (χ1n) is 7.08. The Morgan fingerprint density at radius 3 is 2.62 bits per heavy atom. The molecule has 1 N–H and O–H groups in total. The van der Waals surface area contributed by atoms with E-state index in [9.17, 15) is 9.90 Å². The van der Waals surface area contributed by atoms with Crippen LogP contribution >= 0.6 is 0 Å². The number of aromatic nitrogens is 1. The van der Waals surface area contributed by atoms with Gasteiger partial charge in [-0.25, -0.2) is 9.78 Å². The standard InChI is InChI=1S/C16H18N2O3/c1-10-8-18(9-11(2)21-10)15-7-13(16(19)20)12-5-3-4-6-14(12)17-15/h3-7,10-11H,8-9H2,1-2H3,(H,19,20)/t10-,11+. The molecule has 0 amide bonds. The number of morpholine rings is 1. The smallest absolute Gasteiger partial charge is 0.336 e. The highest BCUT2D eigenvalue weighted by Gasteiger charge is 2.24. The molecule has 1 aromatic carbocycles. The number of fused-ring (bicyclic) bond motifs is 1. The summed E-state index contributed by atoms with van der Waals surface area (Å²) in [5.74, 6) is -0.225. The Hall–Kier alpha value is -2.14. The van der Waals surface area contributed by atoms with E-state index in [1.165, 1.54) is 0 Å². The van der Waals surface area contributed by atoms with Gasteiger partial charge in [0.1, 0.15) is 5.82 Å². The largest absolute Gasteiger partial charge is 0.478 e. The lowest BCUT2D eigenvalue weighted by atomic mass is 10.1. The molecule has 110 valence electrons. The number of hydrogen-bond acceptors (Lipinski definition) is 4. The summed E-state index contributed by atoms with van der Waals surface area (Å²) in [5.41, 5.74) is 1.00. The molecule has 3 rings (SSSR count). The van der Waals surface area contributed by atoms with Gasteiger partial charge in [-0.15, -0.1) is 0 Å². The number of hydrogen-bond donors (Lipinski definition) is 1. The van der Waals surface area contributed by atoms with Gasteiger partial charge in [0.15, 0.2) is 0 Å². The summed E-state index contributed by atoms with van der Waals surface area (Å²) in [6, 6.07) is 9.00. The molecule has 1 aliphatic heterocycles. The number of carbonyl (C=O) groups is 1. The average molecular weight is 286 g/mol. The zero-order valence-electron chi connectivity index (χ0n) is 12.1. The zero-order valence-corrected chi connectivity index (χ0v) is 12.1. The Bertz CT molecular complexity index is 676. The number of ether oxygens (including phenoxy) is 1. The Balaban J connectivity index is 2.08. The van der Waals surface area contributed by atoms with Crippen LogP contribution in [0.25, 0.3) is 10.9 Å². The van der Waals surface area contributed by atoms with Crippen LogP contribution < -0.4 is 4.90 Å². The van der Waals surface area contributed by atoms with E-state index >= 15 is 0 Å². The monoisotopic (exact) mass is 286 g/mol. The number of benzene rings is 1. The minimum atomic E-state index is -0.927. The highest BCUT2D eigenvalue weighted by molar-refractivity contribution is 6.03. The van der Waals surface area contributed by atoms with Gasteiger partial charge in [0.25, 0.3) is 0 Å². The fourth-order valence-corrected chi connectivity index (χ4v) is 2.87. The normalized spacial score (nSPS) is 22.5. The Morgan fingerprint density at radius 1 is 1.29 bits per heavy atom. The lowest BCUT2D eigenvalue weighted by Gasteiger charge is -2.36. The maximum Gasteiger partial charge on any atom is 0.336 e. The van der Waals surface area contributed by atoms with Gasteiger partial charge in [0.05, 0.1) is 23.3 Å². The van der Waals surface area contributed by atoms with Gasteiger partial charge >= 0.3 is 5.97 Å². The van der Waals surface area contributed by atoms with Gasteiger partial charge < -0.3 is 14.7 Å². The van der Waals surface area contributed by atoms with Crippen LogP contribution in [-0.4, -0.2) is 41.4 Å². The molecule has 1 saturated heterocycles. The second-order valence-electron chi connectivity index (χ2n) is 5.51. The van der Waals surface area contributed by atoms with Gasteiger partial charge in [-0.1, -0.05) is 18.2 Å². The molecule has 1 aromatic heterocycles. The van der Waals surface area contributed by atoms with Crippen molar-refractivity contribution in [2.45, 2.75) is 26.1 Å². The van der Waals surface area contributed by atoms with E-state index in [4.69, 9.17) is 4.74 Å². The predicted molar refractivity (Wildman–Crippen MR) is 80.9 cm³/mol. The molecule has 2 aromatic rings. The van der Waals surface area contributed by atoms with Crippen molar-refractivity contribution in [3.63, 3.8) is 0 Å². The number of aromatic carboxylic acids is 1. The number of carboxylic acid groups (broad SMARTS) is 1. The lowest BCUT2D eigenvalue weighted by Crippen LogP contribution is -2.45. The SMILES string of the molecule is C[C@@H]1CN(c2cc(C(=O)O)c3ccccc3n2)C[C@H](C)O1. The third-order valence-corrected chi connectivity index (χ3v) is 3.68. The molecular formula is C16H18N2O3. The summed E-state index contributed by atoms with van der Waals surface area (Å²) in [4.78, 5) is 18.2. The molecule has 0 unspecified atom stereocenters. The summed E-state index contributed by atoms with van der Waals surface area (Å²) >= 11 is 0. The summed E-state index contributed by atoms with van der Waals surface area (Å²) in [7, 11) is 0. The summed E-state index contributed by atoms with van der Waals surface area (Å²) in [6.45, 7) is 5.47. The lowest BCUT2D eigenvalue weighted by molar-refractivity contribution is -0.00544. The van der Waals surface area contributed by atoms with Crippen LogP contribution in [0, 0.1) is 0 Å². The molecule has 5 nitrogen and oxygen atoms in total. The third kappa shape index (κ3) is 2.69. The fraction of sp³-hybridized carbons (Fsp3) is 0.375. The highest BCUT2D eigenvalue weighted by Crippen LogP contribution is 2.25. The minimum absolute atomic E-state index is 0.107. The van der Waals surface area contributed by atoms with E-state index in [1.54, 1.807) is 12.1 Å². The predicted octanol–water partition coefficient (Wildman–Crippen LogP) is 2.55. The molecule has 21 heavy (non-hydrogen) atoms. The molecule has 1 aliphatic rings. The van der Waals surface area contributed by atoms with Crippen molar-refractivity contribution >= 4 is 22.7 Å². The van der Waals surface area contributed by atoms with Crippen LogP contribution in [0.4, 0.5) is 5.82 Å². The van der Waals surface area contributed by atoms with Crippen LogP contribution in [0.5, 0.6) is 0 Å². The van der Waals surface area contributed by atoms with Gasteiger partial charge in [-0.3, -0.25) is 0 Å². The van der Waals surface area contributed by atoms with Crippen LogP contribution in [0.2, 0.25) is 0 Å². The molecule has 0 spiro atoms. The second kappa shape index (κ2) is 5.33. The van der Waals surface area contributed by atoms with Gasteiger partial charge in [0, 0.05) is 18.5 Å². The average Bonchev–Trinajstić information content (AvgIpc) is 2.45. The van der Waals surface area contributed by atoms with Crippen LogP contribution in [0.15, 0.2) is 30.3 Å². The first kappa shape index (κ1) is 13.8. The number of pyridine rings is 1. The van der Waals surface area contributed by atoms with E-state index < -0.39 is 5.97 Å². The molecule has 0 aliphatic carbocycles. The van der Waals surface area contributed by atoms with Crippen molar-refractivity contribution in [1.82, 2.24) is 4.98 Å². The van der Waals surface area contributed by atoms with Gasteiger partial charge in [-0.05, 0) is 26.0 Å². The number of carboxylic acids is 1. The first-order chi connectivity index (χ1) is 10.0. The van der Waals surface area contributed by atoms with E-state index in [0.29, 0.717) is 22.3 Å². The quantitative estimate of drug-likeness (QED) is 0.919. The maximum absolute atomic E-state index is 11.5. The van der Waals surface area contributed by atoms with E-state index in [-0.39, 0.29) is 12.2 Å². The summed E-state index contributed by atoms with van der Waals surface area (Å²) in [6.07, 6.45) is 0.214. The van der Waals surface area contributed by atoms with Crippen molar-refractivity contribution in [3.8, 4) is 0 Å². The molecule has 0 radical (unpaired) electrons. The van der Waals surface area contributed by atoms with Crippen molar-refractivity contribution in [2.75, 3.05) is 18.0 Å². The highest BCUT2D eigenvalue weighted by atomic mass is 16.5. The first-order valence-corrected chi connectivity index (χ1v) is 7.08. The van der Waals surface area contributed by atoms with Crippen molar-refractivity contribution in [1.29, 1.82) is 0 Å². The zero-order chi connectivity index (χ0) is 15.0. The molecule has 2 heterocycles. The van der Waals surface area contributed by atoms with Gasteiger partial charge in [-0.2, -0.15) is 0 Å². The van der Waals surface area contributed by atoms with E-state index in [2.05, 4.69) is 9.88 Å². The molecule has 1 fully saturated rings. The minimum Gasteiger partial charge on any atom is -0.478 e. The molecule has 5 heteroatoms. The maximum atomic E-state index is 11.5. The fourth-order valence-electron chi connectivity index (χ4n) is 2.87. The van der Waals surface area contributed by atoms with Crippen LogP contribution in [-0.2, 0) is 4.74 Å². The van der Waals surface area contributed by atoms with E-state index in [1.807, 2.05) is 32.0 Å². The Kier molecular flexibility index (Phi) is 3.51. The van der Waals surface area contributed by atoms with Gasteiger partial charge in [0.2, 0.25) is 0 Å². The van der Waals surface area contributed by atoms with Crippen LogP contribution in [0.1, 0.15) is 24.2 Å². The Labute approximate surface area is 123 Å². The van der Waals surface area contributed by atoms with Crippen molar-refractivity contribution in [3.05, 3.63) is 35.9 Å².